The summed E-state index contributed by atoms with van der Waals surface area (Å²) in [6.07, 6.45) is 8.28. The largest absolute Gasteiger partial charge is 0.341 e. The quantitative estimate of drug-likeness (QED) is 0.566. The maximum Gasteiger partial charge on any atom is 0.272 e. The number of carbonyl (C=O) groups excluding carboxylic acids is 1. The highest BCUT2D eigenvalue weighted by Crippen LogP contribution is 2.24. The average Bonchev–Trinajstić information content (AvgIpc) is 3.22. The normalized spacial score (nSPS) is 15.3. The fraction of sp³-hybridized carbons (Fsp3) is 0.450. The molecule has 3 aromatic rings. The van der Waals surface area contributed by atoms with Crippen LogP contribution in [0.1, 0.15) is 59.3 Å². The van der Waals surface area contributed by atoms with Gasteiger partial charge in [-0.05, 0) is 56.2 Å². The number of para-hydroxylation sites is 2. The zero-order valence-corrected chi connectivity index (χ0v) is 16.4. The first-order valence-corrected chi connectivity index (χ1v) is 11.0. The Kier molecular flexibility index (Phi) is 5.48. The molecule has 0 fully saturated rings. The van der Waals surface area contributed by atoms with Crippen LogP contribution < -0.4 is 5.32 Å². The van der Waals surface area contributed by atoms with Gasteiger partial charge in [-0.25, -0.2) is 4.98 Å². The number of fused-ring (bicyclic) bond motifs is 2. The van der Waals surface area contributed by atoms with E-state index in [4.69, 9.17) is 4.98 Å². The second-order valence-corrected chi connectivity index (χ2v) is 8.02. The number of carbonyl (C=O) groups is 1. The molecule has 2 aromatic heterocycles. The Morgan fingerprint density at radius 2 is 2.11 bits per heavy atom. The van der Waals surface area contributed by atoms with E-state index < -0.39 is 0 Å². The number of benzene rings is 1. The lowest BCUT2D eigenvalue weighted by atomic mass is 10.1. The SMILES string of the molecule is CSCC[C@H](NC(=O)c1n[nH]c2c1CCCCC2)c1nc2ccccc2[nH]1. The summed E-state index contributed by atoms with van der Waals surface area (Å²) in [7, 11) is 0. The van der Waals surface area contributed by atoms with E-state index in [1.807, 2.05) is 24.3 Å². The minimum absolute atomic E-state index is 0.110. The molecule has 0 saturated heterocycles. The van der Waals surface area contributed by atoms with Crippen molar-refractivity contribution in [2.45, 2.75) is 44.6 Å². The molecule has 1 atom stereocenters. The van der Waals surface area contributed by atoms with Gasteiger partial charge in [-0.3, -0.25) is 9.89 Å². The molecule has 0 saturated carbocycles. The molecule has 0 radical (unpaired) electrons. The second-order valence-electron chi connectivity index (χ2n) is 7.04. The van der Waals surface area contributed by atoms with Crippen LogP contribution in [0.4, 0.5) is 0 Å². The molecule has 0 unspecified atom stereocenters. The fourth-order valence-corrected chi connectivity index (χ4v) is 4.19. The van der Waals surface area contributed by atoms with Gasteiger partial charge in [0.25, 0.3) is 5.91 Å². The first kappa shape index (κ1) is 18.1. The molecule has 1 amide bonds. The number of aromatic nitrogens is 4. The van der Waals surface area contributed by atoms with Crippen LogP contribution in [0.25, 0.3) is 11.0 Å². The molecule has 0 aliphatic heterocycles. The summed E-state index contributed by atoms with van der Waals surface area (Å²) in [4.78, 5) is 21.1. The zero-order chi connectivity index (χ0) is 18.6. The van der Waals surface area contributed by atoms with Gasteiger partial charge in [-0.15, -0.1) is 0 Å². The van der Waals surface area contributed by atoms with Crippen LogP contribution in [-0.2, 0) is 12.8 Å². The van der Waals surface area contributed by atoms with Crippen molar-refractivity contribution in [2.24, 2.45) is 0 Å². The van der Waals surface area contributed by atoms with Crippen LogP contribution in [0.3, 0.4) is 0 Å². The molecule has 2 heterocycles. The molecule has 7 heteroatoms. The third kappa shape index (κ3) is 3.88. The number of H-pyrrole nitrogens is 2. The Labute approximate surface area is 162 Å². The highest BCUT2D eigenvalue weighted by Gasteiger charge is 2.24. The van der Waals surface area contributed by atoms with Gasteiger partial charge in [0.2, 0.25) is 0 Å². The smallest absolute Gasteiger partial charge is 0.272 e. The second kappa shape index (κ2) is 8.17. The van der Waals surface area contributed by atoms with Gasteiger partial charge >= 0.3 is 0 Å². The van der Waals surface area contributed by atoms with Gasteiger partial charge < -0.3 is 10.3 Å². The van der Waals surface area contributed by atoms with E-state index in [1.54, 1.807) is 11.8 Å². The molecule has 3 N–H and O–H groups in total. The maximum absolute atomic E-state index is 13.0. The van der Waals surface area contributed by atoms with E-state index in [-0.39, 0.29) is 11.9 Å². The van der Waals surface area contributed by atoms with Gasteiger partial charge in [0.15, 0.2) is 5.69 Å². The average molecular weight is 384 g/mol. The number of thioether (sulfide) groups is 1. The number of nitrogens with zero attached hydrogens (tertiary/aromatic N) is 2. The van der Waals surface area contributed by atoms with Crippen molar-refractivity contribution >= 4 is 28.7 Å². The Morgan fingerprint density at radius 1 is 1.26 bits per heavy atom. The van der Waals surface area contributed by atoms with Crippen LogP contribution >= 0.6 is 11.8 Å². The van der Waals surface area contributed by atoms with Crippen LogP contribution in [0.15, 0.2) is 24.3 Å². The summed E-state index contributed by atoms with van der Waals surface area (Å²) in [5.41, 5.74) is 4.69. The molecule has 4 rings (SSSR count). The van der Waals surface area contributed by atoms with Crippen molar-refractivity contribution in [2.75, 3.05) is 12.0 Å². The highest BCUT2D eigenvalue weighted by atomic mass is 32.2. The van der Waals surface area contributed by atoms with E-state index >= 15 is 0 Å². The Hall–Kier alpha value is -2.28. The number of hydrogen-bond acceptors (Lipinski definition) is 4. The third-order valence-electron chi connectivity index (χ3n) is 5.18. The first-order chi connectivity index (χ1) is 13.3. The number of imidazole rings is 1. The van der Waals surface area contributed by atoms with E-state index in [1.165, 1.54) is 6.42 Å². The van der Waals surface area contributed by atoms with Gasteiger partial charge in [0, 0.05) is 11.3 Å². The van der Waals surface area contributed by atoms with E-state index in [2.05, 4.69) is 26.8 Å². The third-order valence-corrected chi connectivity index (χ3v) is 5.82. The van der Waals surface area contributed by atoms with E-state index in [9.17, 15) is 4.79 Å². The van der Waals surface area contributed by atoms with Gasteiger partial charge in [-0.2, -0.15) is 16.9 Å². The number of amides is 1. The highest BCUT2D eigenvalue weighted by molar-refractivity contribution is 7.98. The van der Waals surface area contributed by atoms with Crippen molar-refractivity contribution in [3.63, 3.8) is 0 Å². The molecule has 142 valence electrons. The number of hydrogen-bond donors (Lipinski definition) is 3. The number of nitrogens with one attached hydrogen (secondary N) is 3. The van der Waals surface area contributed by atoms with E-state index in [0.717, 1.165) is 66.0 Å². The number of rotatable bonds is 6. The zero-order valence-electron chi connectivity index (χ0n) is 15.5. The Bertz CT molecular complexity index is 898. The van der Waals surface area contributed by atoms with Crippen molar-refractivity contribution in [3.05, 3.63) is 47.0 Å². The molecule has 0 bridgehead atoms. The lowest BCUT2D eigenvalue weighted by Crippen LogP contribution is -2.30. The van der Waals surface area contributed by atoms with Gasteiger partial charge in [-0.1, -0.05) is 18.6 Å². The van der Waals surface area contributed by atoms with Crippen molar-refractivity contribution in [3.8, 4) is 0 Å². The summed E-state index contributed by atoms with van der Waals surface area (Å²) in [6, 6.07) is 7.79. The molecule has 1 aliphatic rings. The molecule has 6 nitrogen and oxygen atoms in total. The standard InChI is InChI=1S/C20H25N5OS/c1-27-12-11-17(19-21-15-9-5-6-10-16(15)22-19)23-20(26)18-13-7-3-2-4-8-14(13)24-25-18/h5-6,9-10,17H,2-4,7-8,11-12H2,1H3,(H,21,22)(H,23,26)(H,24,25)/t17-/m0/s1. The van der Waals surface area contributed by atoms with Gasteiger partial charge in [0.1, 0.15) is 5.82 Å². The molecule has 1 aromatic carbocycles. The topological polar surface area (TPSA) is 86.5 Å². The lowest BCUT2D eigenvalue weighted by Gasteiger charge is -2.16. The minimum Gasteiger partial charge on any atom is -0.341 e. The minimum atomic E-state index is -0.157. The Balaban J connectivity index is 1.58. The monoisotopic (exact) mass is 383 g/mol. The summed E-state index contributed by atoms with van der Waals surface area (Å²) in [5.74, 6) is 1.64. The summed E-state index contributed by atoms with van der Waals surface area (Å²) in [6.45, 7) is 0. The number of aryl methyl sites for hydroxylation is 1. The molecule has 1 aliphatic carbocycles. The number of aromatic amines is 2. The fourth-order valence-electron chi connectivity index (χ4n) is 3.72. The Morgan fingerprint density at radius 3 is 2.96 bits per heavy atom. The van der Waals surface area contributed by atoms with Crippen LogP contribution in [-0.4, -0.2) is 38.1 Å². The first-order valence-electron chi connectivity index (χ1n) is 9.57. The predicted molar refractivity (Wildman–Crippen MR) is 109 cm³/mol. The predicted octanol–water partition coefficient (Wildman–Crippen LogP) is 3.78. The summed E-state index contributed by atoms with van der Waals surface area (Å²) in [5, 5.41) is 10.6. The van der Waals surface area contributed by atoms with Crippen molar-refractivity contribution in [1.29, 1.82) is 0 Å². The molecule has 0 spiro atoms. The lowest BCUT2D eigenvalue weighted by molar-refractivity contribution is 0.0928. The molecular weight excluding hydrogens is 358 g/mol. The van der Waals surface area contributed by atoms with Crippen molar-refractivity contribution < 1.29 is 4.79 Å². The van der Waals surface area contributed by atoms with Crippen molar-refractivity contribution in [1.82, 2.24) is 25.5 Å². The summed E-state index contributed by atoms with van der Waals surface area (Å²) < 4.78 is 0. The van der Waals surface area contributed by atoms with Crippen LogP contribution in [0.2, 0.25) is 0 Å². The molecular formula is C20H25N5OS. The van der Waals surface area contributed by atoms with E-state index in [0.29, 0.717) is 5.69 Å². The van der Waals surface area contributed by atoms with Crippen LogP contribution in [0, 0.1) is 0 Å². The van der Waals surface area contributed by atoms with Crippen LogP contribution in [0.5, 0.6) is 0 Å². The maximum atomic E-state index is 13.0. The molecule has 27 heavy (non-hydrogen) atoms. The summed E-state index contributed by atoms with van der Waals surface area (Å²) >= 11 is 1.77. The van der Waals surface area contributed by atoms with Gasteiger partial charge in [0.05, 0.1) is 17.1 Å².